The van der Waals surface area contributed by atoms with Gasteiger partial charge in [-0.2, -0.15) is 0 Å². The molecule has 0 radical (unpaired) electrons. The first-order valence-corrected chi connectivity index (χ1v) is 13.7. The van der Waals surface area contributed by atoms with Crippen molar-refractivity contribution in [2.24, 2.45) is 0 Å². The van der Waals surface area contributed by atoms with Crippen LogP contribution in [0.5, 0.6) is 0 Å². The molecule has 9 heteroatoms. The maximum absolute atomic E-state index is 13.6. The first kappa shape index (κ1) is 26.8. The number of hydrogen-bond acceptors (Lipinski definition) is 9. The minimum Gasteiger partial charge on any atom is -0.462 e. The van der Waals surface area contributed by atoms with E-state index in [1.54, 1.807) is 13.0 Å². The van der Waals surface area contributed by atoms with Gasteiger partial charge in [-0.05, 0) is 62.7 Å². The largest absolute Gasteiger partial charge is 0.462 e. The van der Waals surface area contributed by atoms with Gasteiger partial charge in [-0.1, -0.05) is 24.6 Å². The van der Waals surface area contributed by atoms with Gasteiger partial charge in [0, 0.05) is 61.9 Å². The quantitative estimate of drug-likeness (QED) is 0.299. The van der Waals surface area contributed by atoms with Crippen molar-refractivity contribution in [3.63, 3.8) is 0 Å². The van der Waals surface area contributed by atoms with Gasteiger partial charge in [-0.15, -0.1) is 0 Å². The Balaban J connectivity index is 1.35. The highest BCUT2D eigenvalue weighted by atomic mass is 16.5. The van der Waals surface area contributed by atoms with Crippen LogP contribution in [0.15, 0.2) is 54.7 Å². The SMILES string of the molecule is CCOC(=O)c1cnc(Nc2ccc(N3CCN(C)CC3)cc2)nc1C(=O)c1cccc(CNC2CCC2)c1. The van der Waals surface area contributed by atoms with Crippen molar-refractivity contribution in [2.45, 2.75) is 38.8 Å². The molecule has 0 amide bonds. The Bertz CT molecular complexity index is 1300. The number of esters is 1. The Hall–Kier alpha value is -3.82. The van der Waals surface area contributed by atoms with E-state index in [0.717, 1.165) is 43.1 Å². The first-order chi connectivity index (χ1) is 19.0. The molecule has 2 fully saturated rings. The van der Waals surface area contributed by atoms with Gasteiger partial charge in [0.15, 0.2) is 0 Å². The number of anilines is 3. The van der Waals surface area contributed by atoms with Gasteiger partial charge >= 0.3 is 5.97 Å². The van der Waals surface area contributed by atoms with E-state index < -0.39 is 5.97 Å². The topological polar surface area (TPSA) is 99.7 Å². The minimum absolute atomic E-state index is 0.0177. The van der Waals surface area contributed by atoms with Gasteiger partial charge in [0.05, 0.1) is 6.61 Å². The zero-order valence-corrected chi connectivity index (χ0v) is 22.7. The Morgan fingerprint density at radius 3 is 2.51 bits per heavy atom. The van der Waals surface area contributed by atoms with Crippen LogP contribution in [0.3, 0.4) is 0 Å². The molecule has 1 saturated carbocycles. The number of carbonyl (C=O) groups is 2. The normalized spacial score (nSPS) is 16.0. The van der Waals surface area contributed by atoms with Crippen LogP contribution < -0.4 is 15.5 Å². The summed E-state index contributed by atoms with van der Waals surface area (Å²) in [7, 11) is 2.14. The number of carbonyl (C=O) groups excluding carboxylic acids is 2. The van der Waals surface area contributed by atoms with Crippen molar-refractivity contribution in [2.75, 3.05) is 50.1 Å². The number of rotatable bonds is 10. The lowest BCUT2D eigenvalue weighted by molar-refractivity contribution is 0.0522. The van der Waals surface area contributed by atoms with Crippen LogP contribution in [0.2, 0.25) is 0 Å². The van der Waals surface area contributed by atoms with Gasteiger partial charge in [-0.3, -0.25) is 4.79 Å². The second-order valence-electron chi connectivity index (χ2n) is 10.2. The van der Waals surface area contributed by atoms with E-state index in [1.807, 2.05) is 30.3 Å². The van der Waals surface area contributed by atoms with Gasteiger partial charge < -0.3 is 25.2 Å². The number of nitrogens with zero attached hydrogens (tertiary/aromatic N) is 4. The van der Waals surface area contributed by atoms with Crippen LogP contribution in [0, 0.1) is 0 Å². The number of aromatic nitrogens is 2. The molecule has 1 aliphatic heterocycles. The van der Waals surface area contributed by atoms with Gasteiger partial charge in [-0.25, -0.2) is 14.8 Å². The third-order valence-electron chi connectivity index (χ3n) is 7.38. The molecule has 2 aliphatic rings. The highest BCUT2D eigenvalue weighted by Gasteiger charge is 2.24. The van der Waals surface area contributed by atoms with Gasteiger partial charge in [0.2, 0.25) is 11.7 Å². The molecule has 2 heterocycles. The molecule has 2 N–H and O–H groups in total. The summed E-state index contributed by atoms with van der Waals surface area (Å²) in [6.07, 6.45) is 5.01. The Kier molecular flexibility index (Phi) is 8.48. The second kappa shape index (κ2) is 12.4. The van der Waals surface area contributed by atoms with Crippen molar-refractivity contribution in [3.8, 4) is 0 Å². The summed E-state index contributed by atoms with van der Waals surface area (Å²) in [5.74, 6) is -0.729. The lowest BCUT2D eigenvalue weighted by Crippen LogP contribution is -2.44. The summed E-state index contributed by atoms with van der Waals surface area (Å²) in [4.78, 5) is 39.8. The van der Waals surface area contributed by atoms with Crippen molar-refractivity contribution in [1.29, 1.82) is 0 Å². The van der Waals surface area contributed by atoms with E-state index in [1.165, 1.54) is 25.5 Å². The lowest BCUT2D eigenvalue weighted by Gasteiger charge is -2.34. The zero-order chi connectivity index (χ0) is 27.2. The molecule has 1 aromatic heterocycles. The lowest BCUT2D eigenvalue weighted by atomic mass is 9.93. The van der Waals surface area contributed by atoms with E-state index in [4.69, 9.17) is 4.74 Å². The number of likely N-dealkylation sites (N-methyl/N-ethyl adjacent to an activating group) is 1. The van der Waals surface area contributed by atoms with Crippen LogP contribution >= 0.6 is 0 Å². The fraction of sp³-hybridized carbons (Fsp3) is 0.400. The third-order valence-corrected chi connectivity index (χ3v) is 7.38. The number of ether oxygens (including phenoxy) is 1. The molecule has 2 aromatic carbocycles. The monoisotopic (exact) mass is 528 g/mol. The molecule has 9 nitrogen and oxygen atoms in total. The van der Waals surface area contributed by atoms with E-state index >= 15 is 0 Å². The highest BCUT2D eigenvalue weighted by molar-refractivity contribution is 6.13. The van der Waals surface area contributed by atoms with E-state index in [0.29, 0.717) is 18.2 Å². The van der Waals surface area contributed by atoms with Crippen LogP contribution in [-0.2, 0) is 11.3 Å². The average molecular weight is 529 g/mol. The number of piperazine rings is 1. The minimum atomic E-state index is -0.619. The highest BCUT2D eigenvalue weighted by Crippen LogP contribution is 2.23. The Morgan fingerprint density at radius 1 is 1.05 bits per heavy atom. The van der Waals surface area contributed by atoms with Gasteiger partial charge in [0.1, 0.15) is 11.3 Å². The van der Waals surface area contributed by atoms with Gasteiger partial charge in [0.25, 0.3) is 0 Å². The molecule has 0 spiro atoms. The summed E-state index contributed by atoms with van der Waals surface area (Å²) in [6.45, 7) is 6.66. The number of benzene rings is 2. The van der Waals surface area contributed by atoms with Crippen molar-refractivity contribution in [1.82, 2.24) is 20.2 Å². The summed E-state index contributed by atoms with van der Waals surface area (Å²) >= 11 is 0. The number of ketones is 1. The molecule has 1 aliphatic carbocycles. The molecule has 39 heavy (non-hydrogen) atoms. The average Bonchev–Trinajstić information content (AvgIpc) is 2.93. The van der Waals surface area contributed by atoms with Crippen LogP contribution in [-0.4, -0.2) is 72.5 Å². The van der Waals surface area contributed by atoms with Crippen LogP contribution in [0.4, 0.5) is 17.3 Å². The molecule has 0 bridgehead atoms. The number of hydrogen-bond donors (Lipinski definition) is 2. The predicted octanol–water partition coefficient (Wildman–Crippen LogP) is 4.02. The van der Waals surface area contributed by atoms with E-state index in [2.05, 4.69) is 49.6 Å². The molecule has 204 valence electrons. The first-order valence-electron chi connectivity index (χ1n) is 13.7. The third kappa shape index (κ3) is 6.61. The maximum Gasteiger partial charge on any atom is 0.342 e. The molecular weight excluding hydrogens is 492 g/mol. The Morgan fingerprint density at radius 2 is 1.82 bits per heavy atom. The summed E-state index contributed by atoms with van der Waals surface area (Å²) in [5, 5.41) is 6.70. The molecule has 0 unspecified atom stereocenters. The summed E-state index contributed by atoms with van der Waals surface area (Å²) in [6, 6.07) is 16.1. The fourth-order valence-corrected chi connectivity index (χ4v) is 4.76. The predicted molar refractivity (Wildman–Crippen MR) is 152 cm³/mol. The van der Waals surface area contributed by atoms with Crippen LogP contribution in [0.25, 0.3) is 0 Å². The summed E-state index contributed by atoms with van der Waals surface area (Å²) in [5.41, 5.74) is 3.50. The Labute approximate surface area is 229 Å². The second-order valence-corrected chi connectivity index (χ2v) is 10.2. The number of nitrogens with one attached hydrogen (secondary N) is 2. The summed E-state index contributed by atoms with van der Waals surface area (Å²) < 4.78 is 5.19. The molecule has 3 aromatic rings. The van der Waals surface area contributed by atoms with E-state index in [-0.39, 0.29) is 29.6 Å². The van der Waals surface area contributed by atoms with Crippen LogP contribution in [0.1, 0.15) is 58.2 Å². The fourth-order valence-electron chi connectivity index (χ4n) is 4.76. The molecule has 0 atom stereocenters. The molecule has 1 saturated heterocycles. The smallest absolute Gasteiger partial charge is 0.342 e. The molecular formula is C30H36N6O3. The van der Waals surface area contributed by atoms with Crippen molar-refractivity contribution < 1.29 is 14.3 Å². The molecule has 5 rings (SSSR count). The van der Waals surface area contributed by atoms with Crippen molar-refractivity contribution >= 4 is 29.1 Å². The van der Waals surface area contributed by atoms with Crippen molar-refractivity contribution in [3.05, 3.63) is 77.1 Å². The van der Waals surface area contributed by atoms with E-state index in [9.17, 15) is 9.59 Å². The maximum atomic E-state index is 13.6. The zero-order valence-electron chi connectivity index (χ0n) is 22.7. The standard InChI is InChI=1S/C30H36N6O3/c1-3-39-29(38)26-20-32-30(33-24-10-12-25(13-11-24)36-16-14-35(2)15-17-36)34-27(26)28(37)22-7-4-6-21(18-22)19-31-23-8-5-9-23/h4,6-7,10-13,18,20,23,31H,3,5,8-9,14-17,19H2,1-2H3,(H,32,33,34).